The fourth-order valence-corrected chi connectivity index (χ4v) is 3.61. The van der Waals surface area contributed by atoms with Gasteiger partial charge in [-0.05, 0) is 55.1 Å². The maximum Gasteiger partial charge on any atom is 0.161 e. The molecule has 0 radical (unpaired) electrons. The van der Waals surface area contributed by atoms with Crippen molar-refractivity contribution in [2.24, 2.45) is 0 Å². The lowest BCUT2D eigenvalue weighted by atomic mass is 9.96. The van der Waals surface area contributed by atoms with Crippen molar-refractivity contribution in [3.8, 4) is 11.5 Å². The highest BCUT2D eigenvalue weighted by atomic mass is 16.5. The smallest absolute Gasteiger partial charge is 0.161 e. The third-order valence-electron chi connectivity index (χ3n) is 4.93. The minimum Gasteiger partial charge on any atom is -0.493 e. The molecule has 0 unspecified atom stereocenters. The lowest BCUT2D eigenvalue weighted by Gasteiger charge is -2.35. The fourth-order valence-electron chi connectivity index (χ4n) is 3.61. The molecule has 0 aliphatic carbocycles. The van der Waals surface area contributed by atoms with Crippen LogP contribution in [0, 0.1) is 0 Å². The van der Waals surface area contributed by atoms with Crippen LogP contribution in [0.2, 0.25) is 0 Å². The van der Waals surface area contributed by atoms with Crippen LogP contribution in [0.1, 0.15) is 36.4 Å². The second-order valence-corrected chi connectivity index (χ2v) is 6.66. The summed E-state index contributed by atoms with van der Waals surface area (Å²) in [6, 6.07) is 10.7. The number of nitrogens with zero attached hydrogens (tertiary/aromatic N) is 2. The largest absolute Gasteiger partial charge is 0.493 e. The first-order valence-electron chi connectivity index (χ1n) is 9.36. The number of aromatic nitrogens is 1. The summed E-state index contributed by atoms with van der Waals surface area (Å²) in [7, 11) is 1.68. The zero-order valence-electron chi connectivity index (χ0n) is 15.6. The Labute approximate surface area is 156 Å². The summed E-state index contributed by atoms with van der Waals surface area (Å²) in [6.07, 6.45) is 10.3. The van der Waals surface area contributed by atoms with Crippen LogP contribution in [-0.2, 0) is 6.42 Å². The van der Waals surface area contributed by atoms with Gasteiger partial charge in [-0.3, -0.25) is 9.88 Å². The van der Waals surface area contributed by atoms with Crippen molar-refractivity contribution in [2.75, 3.05) is 26.8 Å². The standard InChI is InChI=1S/C22H28N2O2/c1-3-7-18-10-11-21(22(16-18)25-2)26-15-14-24-13-5-4-9-20(24)19-8-6-12-23-17-19/h3,6,8,10-12,16-17,20H,1,4-5,7,9,13-15H2,2H3/t20-/m1/s1. The van der Waals surface area contributed by atoms with E-state index in [4.69, 9.17) is 9.47 Å². The highest BCUT2D eigenvalue weighted by Gasteiger charge is 2.23. The zero-order chi connectivity index (χ0) is 18.2. The van der Waals surface area contributed by atoms with Gasteiger partial charge in [-0.1, -0.05) is 24.6 Å². The average molecular weight is 352 g/mol. The fraction of sp³-hybridized carbons (Fsp3) is 0.409. The topological polar surface area (TPSA) is 34.6 Å². The maximum atomic E-state index is 6.04. The highest BCUT2D eigenvalue weighted by molar-refractivity contribution is 5.43. The molecule has 2 heterocycles. The molecule has 0 amide bonds. The first-order chi connectivity index (χ1) is 12.8. The van der Waals surface area contributed by atoms with E-state index < -0.39 is 0 Å². The summed E-state index contributed by atoms with van der Waals surface area (Å²) in [4.78, 5) is 6.80. The van der Waals surface area contributed by atoms with E-state index in [1.54, 1.807) is 7.11 Å². The van der Waals surface area contributed by atoms with Crippen LogP contribution in [0.4, 0.5) is 0 Å². The van der Waals surface area contributed by atoms with Crippen molar-refractivity contribution in [3.63, 3.8) is 0 Å². The molecule has 1 aromatic carbocycles. The van der Waals surface area contributed by atoms with E-state index in [9.17, 15) is 0 Å². The number of methoxy groups -OCH3 is 1. The van der Waals surface area contributed by atoms with Gasteiger partial charge in [0.15, 0.2) is 11.5 Å². The van der Waals surface area contributed by atoms with Gasteiger partial charge in [0.2, 0.25) is 0 Å². The molecular weight excluding hydrogens is 324 g/mol. The molecule has 4 heteroatoms. The maximum absolute atomic E-state index is 6.04. The van der Waals surface area contributed by atoms with Gasteiger partial charge in [-0.25, -0.2) is 0 Å². The molecule has 2 aromatic rings. The van der Waals surface area contributed by atoms with Gasteiger partial charge < -0.3 is 9.47 Å². The van der Waals surface area contributed by atoms with Crippen molar-refractivity contribution >= 4 is 0 Å². The summed E-state index contributed by atoms with van der Waals surface area (Å²) in [5, 5.41) is 0. The van der Waals surface area contributed by atoms with Crippen LogP contribution in [-0.4, -0.2) is 36.7 Å². The summed E-state index contributed by atoms with van der Waals surface area (Å²) < 4.78 is 11.5. The molecule has 1 atom stereocenters. The van der Waals surface area contributed by atoms with Crippen LogP contribution in [0.15, 0.2) is 55.4 Å². The van der Waals surface area contributed by atoms with Crippen LogP contribution in [0.3, 0.4) is 0 Å². The normalized spacial score (nSPS) is 17.7. The third-order valence-corrected chi connectivity index (χ3v) is 4.93. The molecule has 1 saturated heterocycles. The Bertz CT molecular complexity index is 703. The molecule has 138 valence electrons. The van der Waals surface area contributed by atoms with E-state index in [-0.39, 0.29) is 0 Å². The van der Waals surface area contributed by atoms with Crippen molar-refractivity contribution in [3.05, 3.63) is 66.5 Å². The Morgan fingerprint density at radius 2 is 2.19 bits per heavy atom. The third kappa shape index (κ3) is 4.64. The first-order valence-corrected chi connectivity index (χ1v) is 9.36. The van der Waals surface area contributed by atoms with Crippen molar-refractivity contribution < 1.29 is 9.47 Å². The van der Waals surface area contributed by atoms with E-state index in [2.05, 4.69) is 28.6 Å². The van der Waals surface area contributed by atoms with E-state index in [1.165, 1.54) is 30.4 Å². The molecule has 1 fully saturated rings. The van der Waals surface area contributed by atoms with Crippen molar-refractivity contribution in [1.82, 2.24) is 9.88 Å². The monoisotopic (exact) mass is 352 g/mol. The minimum atomic E-state index is 0.443. The molecule has 1 aliphatic heterocycles. The molecule has 26 heavy (non-hydrogen) atoms. The summed E-state index contributed by atoms with van der Waals surface area (Å²) in [6.45, 7) is 6.44. The number of pyridine rings is 1. The number of rotatable bonds is 8. The highest BCUT2D eigenvalue weighted by Crippen LogP contribution is 2.31. The van der Waals surface area contributed by atoms with E-state index in [0.717, 1.165) is 31.0 Å². The summed E-state index contributed by atoms with van der Waals surface area (Å²) >= 11 is 0. The Balaban J connectivity index is 1.60. The van der Waals surface area contributed by atoms with E-state index in [0.29, 0.717) is 12.6 Å². The Hall–Kier alpha value is -2.33. The molecule has 0 spiro atoms. The SMILES string of the molecule is C=CCc1ccc(OCCN2CCCC[C@@H]2c2cccnc2)c(OC)c1. The number of hydrogen-bond donors (Lipinski definition) is 0. The number of hydrogen-bond acceptors (Lipinski definition) is 4. The quantitative estimate of drug-likeness (QED) is 0.659. The zero-order valence-corrected chi connectivity index (χ0v) is 15.6. The summed E-state index contributed by atoms with van der Waals surface area (Å²) in [5.41, 5.74) is 2.48. The van der Waals surface area contributed by atoms with Gasteiger partial charge in [0.25, 0.3) is 0 Å². The van der Waals surface area contributed by atoms with E-state index >= 15 is 0 Å². The predicted molar refractivity (Wildman–Crippen MR) is 105 cm³/mol. The minimum absolute atomic E-state index is 0.443. The lowest BCUT2D eigenvalue weighted by molar-refractivity contribution is 0.122. The number of likely N-dealkylation sites (tertiary alicyclic amines) is 1. The van der Waals surface area contributed by atoms with Crippen LogP contribution >= 0.6 is 0 Å². The molecule has 3 rings (SSSR count). The summed E-state index contributed by atoms with van der Waals surface area (Å²) in [5.74, 6) is 1.59. The van der Waals surface area contributed by atoms with Crippen molar-refractivity contribution in [1.29, 1.82) is 0 Å². The second-order valence-electron chi connectivity index (χ2n) is 6.66. The van der Waals surface area contributed by atoms with Gasteiger partial charge in [0.1, 0.15) is 6.61 Å². The molecule has 1 aliphatic rings. The second kappa shape index (κ2) is 9.39. The first kappa shape index (κ1) is 18.5. The number of benzene rings is 1. The number of allylic oxidation sites excluding steroid dienone is 1. The van der Waals surface area contributed by atoms with Gasteiger partial charge in [-0.15, -0.1) is 6.58 Å². The Kier molecular flexibility index (Phi) is 6.67. The van der Waals surface area contributed by atoms with Gasteiger partial charge >= 0.3 is 0 Å². The van der Waals surface area contributed by atoms with Gasteiger partial charge in [0, 0.05) is 25.0 Å². The molecule has 0 bridgehead atoms. The molecule has 4 nitrogen and oxygen atoms in total. The molecule has 1 aromatic heterocycles. The molecular formula is C22H28N2O2. The van der Waals surface area contributed by atoms with Gasteiger partial charge in [-0.2, -0.15) is 0 Å². The van der Waals surface area contributed by atoms with Crippen molar-refractivity contribution in [2.45, 2.75) is 31.7 Å². The number of ether oxygens (including phenoxy) is 2. The average Bonchev–Trinajstić information content (AvgIpc) is 2.70. The molecule has 0 saturated carbocycles. The lowest BCUT2D eigenvalue weighted by Crippen LogP contribution is -2.36. The molecule has 0 N–H and O–H groups in total. The Morgan fingerprint density at radius 3 is 2.96 bits per heavy atom. The van der Waals surface area contributed by atoms with Gasteiger partial charge in [0.05, 0.1) is 7.11 Å². The van der Waals surface area contributed by atoms with Crippen LogP contribution in [0.5, 0.6) is 11.5 Å². The van der Waals surface area contributed by atoms with E-state index in [1.807, 2.05) is 36.7 Å². The van der Waals surface area contributed by atoms with Crippen LogP contribution in [0.25, 0.3) is 0 Å². The predicted octanol–water partition coefficient (Wildman–Crippen LogP) is 4.42. The Morgan fingerprint density at radius 1 is 1.27 bits per heavy atom. The van der Waals surface area contributed by atoms with Crippen LogP contribution < -0.4 is 9.47 Å². The number of piperidine rings is 1.